The van der Waals surface area contributed by atoms with Crippen molar-refractivity contribution in [1.82, 2.24) is 4.98 Å². The molecule has 0 unspecified atom stereocenters. The fourth-order valence-corrected chi connectivity index (χ4v) is 5.22. The molecule has 3 aromatic carbocycles. The van der Waals surface area contributed by atoms with Crippen molar-refractivity contribution in [1.29, 1.82) is 0 Å². The normalized spacial score (nSPS) is 11.5. The first-order chi connectivity index (χ1) is 14.3. The highest BCUT2D eigenvalue weighted by Gasteiger charge is 2.15. The van der Waals surface area contributed by atoms with Gasteiger partial charge in [0.25, 0.3) is 5.91 Å². The van der Waals surface area contributed by atoms with Crippen LogP contribution in [-0.4, -0.2) is 25.6 Å². The molecule has 30 heavy (non-hydrogen) atoms. The molecule has 0 radical (unpaired) electrons. The van der Waals surface area contributed by atoms with E-state index in [1.165, 1.54) is 10.8 Å². The Bertz CT molecular complexity index is 1310. The Balaban J connectivity index is 1.47. The molecule has 7 heteroatoms. The summed E-state index contributed by atoms with van der Waals surface area (Å²) in [5.41, 5.74) is 3.68. The Labute approximate surface area is 179 Å². The van der Waals surface area contributed by atoms with E-state index in [-0.39, 0.29) is 10.8 Å². The molecule has 0 aliphatic heterocycles. The number of para-hydroxylation sites is 1. The predicted octanol–water partition coefficient (Wildman–Crippen LogP) is 4.85. The van der Waals surface area contributed by atoms with E-state index in [2.05, 4.69) is 16.4 Å². The molecule has 1 aromatic heterocycles. The first-order valence-corrected chi connectivity index (χ1v) is 12.1. The van der Waals surface area contributed by atoms with E-state index in [1.54, 1.807) is 30.4 Å². The highest BCUT2D eigenvalue weighted by Crippen LogP contribution is 2.24. The maximum absolute atomic E-state index is 12.6. The quantitative estimate of drug-likeness (QED) is 0.485. The molecule has 0 atom stereocenters. The van der Waals surface area contributed by atoms with Crippen molar-refractivity contribution in [3.05, 3.63) is 88.4 Å². The second-order valence-corrected chi connectivity index (χ2v) is 10.3. The van der Waals surface area contributed by atoms with Gasteiger partial charge in [-0.05, 0) is 54.4 Å². The molecule has 0 aliphatic carbocycles. The van der Waals surface area contributed by atoms with Gasteiger partial charge in [0.15, 0.2) is 9.84 Å². The van der Waals surface area contributed by atoms with Crippen LogP contribution in [0.3, 0.4) is 0 Å². The molecule has 0 spiro atoms. The van der Waals surface area contributed by atoms with Gasteiger partial charge in [-0.15, -0.1) is 11.3 Å². The largest absolute Gasteiger partial charge is 0.322 e. The highest BCUT2D eigenvalue weighted by molar-refractivity contribution is 7.90. The van der Waals surface area contributed by atoms with Gasteiger partial charge < -0.3 is 5.32 Å². The van der Waals surface area contributed by atoms with E-state index in [1.807, 2.05) is 42.5 Å². The van der Waals surface area contributed by atoms with Crippen LogP contribution in [-0.2, 0) is 16.3 Å². The number of amides is 1. The minimum absolute atomic E-state index is 0.168. The van der Waals surface area contributed by atoms with Crippen molar-refractivity contribution in [3.8, 4) is 0 Å². The molecule has 0 bridgehead atoms. The van der Waals surface area contributed by atoms with Crippen molar-refractivity contribution in [2.75, 3.05) is 11.6 Å². The summed E-state index contributed by atoms with van der Waals surface area (Å²) < 4.78 is 25.0. The van der Waals surface area contributed by atoms with Gasteiger partial charge in [-0.2, -0.15) is 0 Å². The van der Waals surface area contributed by atoms with Crippen molar-refractivity contribution in [2.45, 2.75) is 18.2 Å². The first-order valence-electron chi connectivity index (χ1n) is 9.35. The van der Waals surface area contributed by atoms with Gasteiger partial charge in [0.1, 0.15) is 0 Å². The van der Waals surface area contributed by atoms with Crippen LogP contribution in [0.4, 0.5) is 5.69 Å². The highest BCUT2D eigenvalue weighted by atomic mass is 32.2. The number of carbonyl (C=O) groups excluding carboxylic acids is 1. The number of fused-ring (bicyclic) bond motifs is 1. The van der Waals surface area contributed by atoms with Gasteiger partial charge in [0, 0.05) is 23.9 Å². The molecule has 0 fully saturated rings. The van der Waals surface area contributed by atoms with Crippen LogP contribution in [0.1, 0.15) is 26.5 Å². The van der Waals surface area contributed by atoms with Gasteiger partial charge in [-0.1, -0.05) is 30.3 Å². The number of rotatable bonds is 5. The Kier molecular flexibility index (Phi) is 5.40. The van der Waals surface area contributed by atoms with Gasteiger partial charge in [-0.25, -0.2) is 13.4 Å². The summed E-state index contributed by atoms with van der Waals surface area (Å²) in [7, 11) is -3.39. The van der Waals surface area contributed by atoms with E-state index >= 15 is 0 Å². The van der Waals surface area contributed by atoms with Crippen molar-refractivity contribution in [3.63, 3.8) is 0 Å². The van der Waals surface area contributed by atoms with E-state index in [0.29, 0.717) is 16.8 Å². The molecule has 0 saturated heterocycles. The van der Waals surface area contributed by atoms with Crippen molar-refractivity contribution in [2.24, 2.45) is 0 Å². The number of hydrogen-bond donors (Lipinski definition) is 1. The Morgan fingerprint density at radius 2 is 1.77 bits per heavy atom. The minimum atomic E-state index is -3.39. The van der Waals surface area contributed by atoms with Crippen molar-refractivity contribution < 1.29 is 13.2 Å². The zero-order chi connectivity index (χ0) is 21.3. The molecular weight excluding hydrogens is 416 g/mol. The van der Waals surface area contributed by atoms with Crippen LogP contribution >= 0.6 is 11.3 Å². The topological polar surface area (TPSA) is 76.1 Å². The van der Waals surface area contributed by atoms with Crippen LogP contribution in [0, 0.1) is 6.92 Å². The number of aromatic nitrogens is 1. The zero-order valence-electron chi connectivity index (χ0n) is 16.5. The lowest BCUT2D eigenvalue weighted by Crippen LogP contribution is -2.13. The van der Waals surface area contributed by atoms with Gasteiger partial charge >= 0.3 is 0 Å². The van der Waals surface area contributed by atoms with Crippen LogP contribution in [0.15, 0.2) is 71.6 Å². The fraction of sp³-hybridized carbons (Fsp3) is 0.130. The Hall–Kier alpha value is -3.03. The Morgan fingerprint density at radius 3 is 2.47 bits per heavy atom. The summed E-state index contributed by atoms with van der Waals surface area (Å²) in [6, 6.07) is 20.3. The smallest absolute Gasteiger partial charge is 0.255 e. The molecule has 152 valence electrons. The number of sulfone groups is 1. The average molecular weight is 437 g/mol. The third kappa shape index (κ3) is 4.42. The number of aryl methyl sites for hydroxylation is 1. The van der Waals surface area contributed by atoms with E-state index in [4.69, 9.17) is 0 Å². The summed E-state index contributed by atoms with van der Waals surface area (Å²) in [5, 5.41) is 3.86. The summed E-state index contributed by atoms with van der Waals surface area (Å²) in [5.74, 6) is -0.348. The number of carbonyl (C=O) groups is 1. The molecule has 1 amide bonds. The molecule has 0 aliphatic rings. The van der Waals surface area contributed by atoms with Crippen LogP contribution in [0.5, 0.6) is 0 Å². The number of hydrogen-bond acceptors (Lipinski definition) is 5. The van der Waals surface area contributed by atoms with E-state index in [0.717, 1.165) is 28.8 Å². The maximum atomic E-state index is 12.6. The first kappa shape index (κ1) is 20.3. The Morgan fingerprint density at radius 1 is 1.03 bits per heavy atom. The van der Waals surface area contributed by atoms with Gasteiger partial charge in [0.05, 0.1) is 20.1 Å². The second-order valence-electron chi connectivity index (χ2n) is 7.16. The lowest BCUT2D eigenvalue weighted by molar-refractivity contribution is 0.102. The van der Waals surface area contributed by atoms with Crippen LogP contribution < -0.4 is 5.32 Å². The lowest BCUT2D eigenvalue weighted by atomic mass is 10.1. The molecular formula is C23H20N2O3S2. The second kappa shape index (κ2) is 8.01. The third-order valence-electron chi connectivity index (χ3n) is 4.76. The summed E-state index contributed by atoms with van der Waals surface area (Å²) in [6.07, 6.45) is 1.87. The third-order valence-corrected chi connectivity index (χ3v) is 7.03. The fourth-order valence-electron chi connectivity index (χ4n) is 3.22. The number of benzene rings is 3. The molecule has 0 saturated carbocycles. The molecule has 5 nitrogen and oxygen atoms in total. The standard InChI is InChI=1S/C23H20N2O3S2/c1-15-7-10-17(14-21(15)30(2,27)28)23(26)24-18-11-8-16(9-12-18)13-22-25-19-5-3-4-6-20(19)29-22/h3-12,14H,13H2,1-2H3,(H,24,26). The van der Waals surface area contributed by atoms with E-state index < -0.39 is 9.84 Å². The molecule has 4 rings (SSSR count). The van der Waals surface area contributed by atoms with Crippen LogP contribution in [0.2, 0.25) is 0 Å². The SMILES string of the molecule is Cc1ccc(C(=O)Nc2ccc(Cc3nc4ccccc4s3)cc2)cc1S(C)(=O)=O. The monoisotopic (exact) mass is 436 g/mol. The number of anilines is 1. The molecule has 1 N–H and O–H groups in total. The van der Waals surface area contributed by atoms with Gasteiger partial charge in [-0.3, -0.25) is 4.79 Å². The maximum Gasteiger partial charge on any atom is 0.255 e. The number of nitrogens with one attached hydrogen (secondary N) is 1. The summed E-state index contributed by atoms with van der Waals surface area (Å²) in [4.78, 5) is 17.4. The summed E-state index contributed by atoms with van der Waals surface area (Å²) in [6.45, 7) is 1.71. The van der Waals surface area contributed by atoms with E-state index in [9.17, 15) is 13.2 Å². The number of nitrogens with zero attached hydrogens (tertiary/aromatic N) is 1. The van der Waals surface area contributed by atoms with Crippen molar-refractivity contribution >= 4 is 43.0 Å². The molecule has 4 aromatic rings. The van der Waals surface area contributed by atoms with Gasteiger partial charge in [0.2, 0.25) is 0 Å². The zero-order valence-corrected chi connectivity index (χ0v) is 18.2. The predicted molar refractivity (Wildman–Crippen MR) is 121 cm³/mol. The average Bonchev–Trinajstić information content (AvgIpc) is 3.11. The number of thiazole rings is 1. The molecule has 1 heterocycles. The van der Waals surface area contributed by atoms with Crippen LogP contribution in [0.25, 0.3) is 10.2 Å². The summed E-state index contributed by atoms with van der Waals surface area (Å²) >= 11 is 1.68. The minimum Gasteiger partial charge on any atom is -0.322 e. The lowest BCUT2D eigenvalue weighted by Gasteiger charge is -2.09.